The number of thioether (sulfide) groups is 1. The molecule has 0 spiro atoms. The number of anilines is 1. The molecule has 0 aliphatic heterocycles. The molecule has 2 unspecified atom stereocenters. The fraction of sp³-hybridized carbons (Fsp3) is 0.320. The van der Waals surface area contributed by atoms with E-state index in [4.69, 9.17) is 4.52 Å². The first-order valence-electron chi connectivity index (χ1n) is 10.8. The fourth-order valence-electron chi connectivity index (χ4n) is 3.33. The van der Waals surface area contributed by atoms with Crippen molar-refractivity contribution in [3.63, 3.8) is 0 Å². The quantitative estimate of drug-likeness (QED) is 0.432. The maximum atomic E-state index is 12.7. The minimum Gasteiger partial charge on any atom is -0.360 e. The van der Waals surface area contributed by atoms with Crippen LogP contribution in [0.1, 0.15) is 42.7 Å². The topological polar surface area (TPSA) is 84.2 Å². The Hall–Kier alpha value is -3.06. The van der Waals surface area contributed by atoms with Crippen molar-refractivity contribution in [1.82, 2.24) is 10.5 Å². The Kier molecular flexibility index (Phi) is 8.92. The third-order valence-corrected chi connectivity index (χ3v) is 6.19. The highest BCUT2D eigenvalue weighted by atomic mass is 32.2. The van der Waals surface area contributed by atoms with Crippen LogP contribution in [0.15, 0.2) is 71.3 Å². The Balaban J connectivity index is 1.49. The van der Waals surface area contributed by atoms with Gasteiger partial charge in [0.25, 0.3) is 0 Å². The molecule has 0 saturated heterocycles. The van der Waals surface area contributed by atoms with Gasteiger partial charge in [-0.2, -0.15) is 0 Å². The molecule has 2 atom stereocenters. The fourth-order valence-corrected chi connectivity index (χ4v) is 4.02. The van der Waals surface area contributed by atoms with Crippen molar-refractivity contribution in [1.29, 1.82) is 0 Å². The Bertz CT molecular complexity index is 992. The number of benzene rings is 2. The normalized spacial score (nSPS) is 12.7. The molecule has 2 aromatic carbocycles. The van der Waals surface area contributed by atoms with Crippen LogP contribution < -0.4 is 10.6 Å². The van der Waals surface area contributed by atoms with E-state index in [1.165, 1.54) is 17.3 Å². The van der Waals surface area contributed by atoms with Gasteiger partial charge >= 0.3 is 0 Å². The van der Waals surface area contributed by atoms with Crippen LogP contribution in [-0.2, 0) is 16.0 Å². The molecule has 0 aliphatic carbocycles. The summed E-state index contributed by atoms with van der Waals surface area (Å²) in [7, 11) is 0. The zero-order valence-corrected chi connectivity index (χ0v) is 19.2. The highest BCUT2D eigenvalue weighted by Crippen LogP contribution is 2.21. The minimum absolute atomic E-state index is 0.0600. The molecule has 3 aromatic rings. The van der Waals surface area contributed by atoms with Gasteiger partial charge in [-0.3, -0.25) is 9.59 Å². The molecular formula is C25H29N3O3S. The van der Waals surface area contributed by atoms with Gasteiger partial charge in [0.05, 0.1) is 17.0 Å². The summed E-state index contributed by atoms with van der Waals surface area (Å²) in [5, 5.41) is 9.21. The van der Waals surface area contributed by atoms with Crippen molar-refractivity contribution in [2.45, 2.75) is 44.4 Å². The summed E-state index contributed by atoms with van der Waals surface area (Å²) in [4.78, 5) is 25.0. The van der Waals surface area contributed by atoms with Crippen molar-refractivity contribution < 1.29 is 14.1 Å². The number of aromatic nitrogens is 1. The summed E-state index contributed by atoms with van der Waals surface area (Å²) >= 11 is 1.29. The number of carbonyl (C=O) groups is 2. The van der Waals surface area contributed by atoms with E-state index in [-0.39, 0.29) is 23.6 Å². The molecule has 1 heterocycles. The van der Waals surface area contributed by atoms with E-state index in [0.717, 1.165) is 24.8 Å². The number of aryl methyl sites for hydroxylation is 2. The SMILES string of the molecule is Cc1cc(NC(=O)C(C)SCC(=O)NC(CCCc2ccccc2)c2ccccc2)no1. The van der Waals surface area contributed by atoms with Crippen LogP contribution in [0.2, 0.25) is 0 Å². The molecule has 7 heteroatoms. The number of hydrogen-bond donors (Lipinski definition) is 2. The summed E-state index contributed by atoms with van der Waals surface area (Å²) in [6.07, 6.45) is 2.78. The molecular weight excluding hydrogens is 422 g/mol. The van der Waals surface area contributed by atoms with Crippen LogP contribution in [-0.4, -0.2) is 28.0 Å². The maximum absolute atomic E-state index is 12.7. The summed E-state index contributed by atoms with van der Waals surface area (Å²) < 4.78 is 4.95. The van der Waals surface area contributed by atoms with Crippen LogP contribution in [0, 0.1) is 6.92 Å². The first kappa shape index (κ1) is 23.6. The van der Waals surface area contributed by atoms with Crippen LogP contribution in [0.4, 0.5) is 5.82 Å². The standard InChI is InChI=1S/C25H29N3O3S/c1-18-16-23(28-31-18)27-25(30)19(2)32-17-24(29)26-22(21-13-7-4-8-14-21)15-9-12-20-10-5-3-6-11-20/h3-8,10-11,13-14,16,19,22H,9,12,15,17H2,1-2H3,(H,26,29)(H,27,28,30). The average Bonchev–Trinajstić information content (AvgIpc) is 3.22. The number of carbonyl (C=O) groups excluding carboxylic acids is 2. The molecule has 6 nitrogen and oxygen atoms in total. The van der Waals surface area contributed by atoms with Crippen molar-refractivity contribution in [2.24, 2.45) is 0 Å². The lowest BCUT2D eigenvalue weighted by atomic mass is 9.99. The van der Waals surface area contributed by atoms with E-state index < -0.39 is 5.25 Å². The highest BCUT2D eigenvalue weighted by molar-refractivity contribution is 8.01. The van der Waals surface area contributed by atoms with E-state index in [1.807, 2.05) is 48.5 Å². The maximum Gasteiger partial charge on any atom is 0.238 e. The summed E-state index contributed by atoms with van der Waals surface area (Å²) in [5.74, 6) is 0.916. The molecule has 2 N–H and O–H groups in total. The predicted octanol–water partition coefficient (Wildman–Crippen LogP) is 4.92. The molecule has 0 aliphatic rings. The van der Waals surface area contributed by atoms with Gasteiger partial charge in [-0.05, 0) is 44.2 Å². The van der Waals surface area contributed by atoms with Gasteiger partial charge < -0.3 is 15.2 Å². The summed E-state index contributed by atoms with van der Waals surface area (Å²) in [6.45, 7) is 3.53. The highest BCUT2D eigenvalue weighted by Gasteiger charge is 2.19. The third kappa shape index (κ3) is 7.57. The van der Waals surface area contributed by atoms with E-state index in [9.17, 15) is 9.59 Å². The molecule has 1 aromatic heterocycles. The molecule has 168 valence electrons. The van der Waals surface area contributed by atoms with Gasteiger partial charge in [0.1, 0.15) is 5.76 Å². The Morgan fingerprint density at radius 2 is 1.75 bits per heavy atom. The first-order valence-corrected chi connectivity index (χ1v) is 11.8. The van der Waals surface area contributed by atoms with Crippen LogP contribution in [0.5, 0.6) is 0 Å². The third-order valence-electron chi connectivity index (χ3n) is 5.05. The van der Waals surface area contributed by atoms with Crippen LogP contribution in [0.25, 0.3) is 0 Å². The second-order valence-electron chi connectivity index (χ2n) is 7.67. The molecule has 3 rings (SSSR count). The molecule has 0 radical (unpaired) electrons. The first-order chi connectivity index (χ1) is 15.5. The van der Waals surface area contributed by atoms with Gasteiger partial charge in [0, 0.05) is 6.07 Å². The summed E-state index contributed by atoms with van der Waals surface area (Å²) in [6, 6.07) is 22.0. The second-order valence-corrected chi connectivity index (χ2v) is 9.00. The average molecular weight is 452 g/mol. The van der Waals surface area contributed by atoms with E-state index >= 15 is 0 Å². The number of nitrogens with one attached hydrogen (secondary N) is 2. The van der Waals surface area contributed by atoms with Crippen LogP contribution >= 0.6 is 11.8 Å². The zero-order chi connectivity index (χ0) is 22.8. The van der Waals surface area contributed by atoms with Gasteiger partial charge in [-0.15, -0.1) is 11.8 Å². The largest absolute Gasteiger partial charge is 0.360 e. The minimum atomic E-state index is -0.397. The van der Waals surface area contributed by atoms with E-state index in [0.29, 0.717) is 11.6 Å². The molecule has 0 saturated carbocycles. The van der Waals surface area contributed by atoms with Crippen molar-refractivity contribution in [3.05, 3.63) is 83.6 Å². The molecule has 2 amide bonds. The lowest BCUT2D eigenvalue weighted by molar-refractivity contribution is -0.119. The van der Waals surface area contributed by atoms with Gasteiger partial charge in [0.15, 0.2) is 5.82 Å². The smallest absolute Gasteiger partial charge is 0.238 e. The Labute approximate surface area is 193 Å². The van der Waals surface area contributed by atoms with E-state index in [2.05, 4.69) is 27.9 Å². The molecule has 0 fully saturated rings. The molecule has 0 bridgehead atoms. The Morgan fingerprint density at radius 1 is 1.06 bits per heavy atom. The number of hydrogen-bond acceptors (Lipinski definition) is 5. The zero-order valence-electron chi connectivity index (χ0n) is 18.4. The lowest BCUT2D eigenvalue weighted by Crippen LogP contribution is -2.32. The number of nitrogens with zero attached hydrogens (tertiary/aromatic N) is 1. The monoisotopic (exact) mass is 451 g/mol. The van der Waals surface area contributed by atoms with Gasteiger partial charge in [-0.25, -0.2) is 0 Å². The number of amides is 2. The lowest BCUT2D eigenvalue weighted by Gasteiger charge is -2.20. The second kappa shape index (κ2) is 12.1. The van der Waals surface area contributed by atoms with Gasteiger partial charge in [-0.1, -0.05) is 65.8 Å². The van der Waals surface area contributed by atoms with Gasteiger partial charge in [0.2, 0.25) is 11.8 Å². The summed E-state index contributed by atoms with van der Waals surface area (Å²) in [5.41, 5.74) is 2.38. The molecule has 32 heavy (non-hydrogen) atoms. The van der Waals surface area contributed by atoms with Crippen LogP contribution in [0.3, 0.4) is 0 Å². The van der Waals surface area contributed by atoms with Crippen molar-refractivity contribution >= 4 is 29.4 Å². The van der Waals surface area contributed by atoms with Crippen molar-refractivity contribution in [3.8, 4) is 0 Å². The van der Waals surface area contributed by atoms with E-state index in [1.54, 1.807) is 19.9 Å². The number of rotatable bonds is 11. The predicted molar refractivity (Wildman–Crippen MR) is 128 cm³/mol. The Morgan fingerprint density at radius 3 is 2.41 bits per heavy atom. The van der Waals surface area contributed by atoms with Crippen molar-refractivity contribution in [2.75, 3.05) is 11.1 Å².